The third kappa shape index (κ3) is 3.60. The lowest BCUT2D eigenvalue weighted by Crippen LogP contribution is -2.23. The van der Waals surface area contributed by atoms with Crippen molar-refractivity contribution in [2.45, 2.75) is 38.7 Å². The molecule has 0 unspecified atom stereocenters. The first kappa shape index (κ1) is 12.1. The van der Waals surface area contributed by atoms with Crippen molar-refractivity contribution in [2.24, 2.45) is 4.99 Å². The van der Waals surface area contributed by atoms with Crippen LogP contribution < -0.4 is 0 Å². The molecule has 86 valence electrons. The Hall–Kier alpha value is -0.940. The van der Waals surface area contributed by atoms with Crippen LogP contribution >= 0.6 is 0 Å². The van der Waals surface area contributed by atoms with Gasteiger partial charge >= 0.3 is 5.97 Å². The van der Waals surface area contributed by atoms with E-state index in [0.29, 0.717) is 6.61 Å². The van der Waals surface area contributed by atoms with E-state index >= 15 is 0 Å². The molecule has 5 heteroatoms. The Balaban J connectivity index is 2.42. The quantitative estimate of drug-likeness (QED) is 0.515. The maximum absolute atomic E-state index is 11.0. The molecule has 1 saturated heterocycles. The second-order valence-electron chi connectivity index (χ2n) is 3.86. The van der Waals surface area contributed by atoms with Gasteiger partial charge in [-0.2, -0.15) is 0 Å². The maximum atomic E-state index is 11.0. The highest BCUT2D eigenvalue weighted by Crippen LogP contribution is 2.21. The third-order valence-corrected chi connectivity index (χ3v) is 2.05. The minimum Gasteiger partial charge on any atom is -0.467 e. The van der Waals surface area contributed by atoms with Crippen LogP contribution in [0, 0.1) is 0 Å². The number of carbonyl (C=O) groups is 1. The first-order valence-electron chi connectivity index (χ1n) is 4.87. The second kappa shape index (κ2) is 4.72. The van der Waals surface area contributed by atoms with Crippen molar-refractivity contribution in [2.75, 3.05) is 13.7 Å². The molecule has 0 N–H and O–H groups in total. The molecule has 0 saturated carbocycles. The maximum Gasteiger partial charge on any atom is 0.330 e. The van der Waals surface area contributed by atoms with Crippen LogP contribution in [0.15, 0.2) is 4.99 Å². The predicted octanol–water partition coefficient (Wildman–Crippen LogP) is 0.770. The van der Waals surface area contributed by atoms with Gasteiger partial charge in [-0.1, -0.05) is 0 Å². The standard InChI is InChI=1S/C10H17NO4/c1-7(9(12)13-4)11-5-8-6-14-10(2,3)15-8/h5,7-8H,6H2,1-4H3/t7-,8-/m0/s1. The van der Waals surface area contributed by atoms with Gasteiger partial charge in [0.25, 0.3) is 0 Å². The Morgan fingerprint density at radius 1 is 1.67 bits per heavy atom. The molecule has 1 aliphatic heterocycles. The van der Waals surface area contributed by atoms with E-state index in [2.05, 4.69) is 9.73 Å². The second-order valence-corrected chi connectivity index (χ2v) is 3.86. The molecule has 0 aliphatic carbocycles. The zero-order valence-electron chi connectivity index (χ0n) is 9.52. The Morgan fingerprint density at radius 2 is 2.33 bits per heavy atom. The van der Waals surface area contributed by atoms with E-state index in [0.717, 1.165) is 0 Å². The molecule has 0 spiro atoms. The van der Waals surface area contributed by atoms with Crippen LogP contribution in [0.2, 0.25) is 0 Å². The van der Waals surface area contributed by atoms with Gasteiger partial charge in [-0.3, -0.25) is 4.99 Å². The first-order valence-corrected chi connectivity index (χ1v) is 4.87. The van der Waals surface area contributed by atoms with Crippen LogP contribution in [0.3, 0.4) is 0 Å². The van der Waals surface area contributed by atoms with Gasteiger partial charge in [-0.15, -0.1) is 0 Å². The van der Waals surface area contributed by atoms with Crippen LogP contribution in [-0.2, 0) is 19.0 Å². The highest BCUT2D eigenvalue weighted by atomic mass is 16.7. The van der Waals surface area contributed by atoms with Gasteiger partial charge in [0.15, 0.2) is 5.79 Å². The number of aliphatic imine (C=N–C) groups is 1. The number of hydrogen-bond donors (Lipinski definition) is 0. The van der Waals surface area contributed by atoms with Crippen molar-refractivity contribution in [1.82, 2.24) is 0 Å². The lowest BCUT2D eigenvalue weighted by molar-refractivity contribution is -0.141. The van der Waals surface area contributed by atoms with Gasteiger partial charge in [0.2, 0.25) is 0 Å². The molecule has 15 heavy (non-hydrogen) atoms. The van der Waals surface area contributed by atoms with Crippen LogP contribution in [-0.4, -0.2) is 43.8 Å². The van der Waals surface area contributed by atoms with Crippen molar-refractivity contribution in [3.05, 3.63) is 0 Å². The SMILES string of the molecule is COC(=O)[C@H](C)N=C[C@H]1COC(C)(C)O1. The average molecular weight is 215 g/mol. The zero-order valence-corrected chi connectivity index (χ0v) is 9.52. The van der Waals surface area contributed by atoms with Gasteiger partial charge in [-0.05, 0) is 20.8 Å². The molecule has 1 fully saturated rings. The molecule has 0 radical (unpaired) electrons. The highest BCUT2D eigenvalue weighted by molar-refractivity contribution is 5.78. The van der Waals surface area contributed by atoms with Gasteiger partial charge < -0.3 is 14.2 Å². The van der Waals surface area contributed by atoms with E-state index in [4.69, 9.17) is 9.47 Å². The first-order chi connectivity index (χ1) is 6.94. The van der Waals surface area contributed by atoms with Crippen molar-refractivity contribution < 1.29 is 19.0 Å². The summed E-state index contributed by atoms with van der Waals surface area (Å²) in [6, 6.07) is -0.498. The molecule has 0 bridgehead atoms. The van der Waals surface area contributed by atoms with Gasteiger partial charge in [-0.25, -0.2) is 4.79 Å². The third-order valence-electron chi connectivity index (χ3n) is 2.05. The molecule has 1 heterocycles. The summed E-state index contributed by atoms with van der Waals surface area (Å²) in [5.41, 5.74) is 0. The summed E-state index contributed by atoms with van der Waals surface area (Å²) in [5.74, 6) is -0.921. The predicted molar refractivity (Wildman–Crippen MR) is 54.9 cm³/mol. The van der Waals surface area contributed by atoms with Crippen molar-refractivity contribution in [1.29, 1.82) is 0 Å². The smallest absolute Gasteiger partial charge is 0.330 e. The molecule has 0 aromatic heterocycles. The number of esters is 1. The number of rotatable bonds is 3. The number of methoxy groups -OCH3 is 1. The van der Waals surface area contributed by atoms with Crippen LogP contribution in [0.1, 0.15) is 20.8 Å². The van der Waals surface area contributed by atoms with E-state index in [1.165, 1.54) is 7.11 Å². The van der Waals surface area contributed by atoms with E-state index in [-0.39, 0.29) is 12.1 Å². The summed E-state index contributed by atoms with van der Waals surface area (Å²) >= 11 is 0. The molecule has 5 nitrogen and oxygen atoms in total. The molecule has 0 aromatic rings. The number of hydrogen-bond acceptors (Lipinski definition) is 5. The van der Waals surface area contributed by atoms with Crippen LogP contribution in [0.5, 0.6) is 0 Å². The molecule has 1 rings (SSSR count). The number of nitrogens with zero attached hydrogens (tertiary/aromatic N) is 1. The summed E-state index contributed by atoms with van der Waals surface area (Å²) in [4.78, 5) is 15.1. The fourth-order valence-corrected chi connectivity index (χ4v) is 1.25. The topological polar surface area (TPSA) is 57.1 Å². The lowest BCUT2D eigenvalue weighted by Gasteiger charge is -2.15. The number of carbonyl (C=O) groups excluding carboxylic acids is 1. The Labute approximate surface area is 89.4 Å². The van der Waals surface area contributed by atoms with E-state index in [9.17, 15) is 4.79 Å². The van der Waals surface area contributed by atoms with E-state index < -0.39 is 11.8 Å². The Bertz CT molecular complexity index is 262. The normalized spacial score (nSPS) is 26.8. The highest BCUT2D eigenvalue weighted by Gasteiger charge is 2.31. The average Bonchev–Trinajstić information content (AvgIpc) is 2.53. The van der Waals surface area contributed by atoms with Gasteiger partial charge in [0.1, 0.15) is 12.1 Å². The largest absolute Gasteiger partial charge is 0.467 e. The summed E-state index contributed by atoms with van der Waals surface area (Å²) in [7, 11) is 1.34. The Kier molecular flexibility index (Phi) is 3.82. The van der Waals surface area contributed by atoms with Crippen molar-refractivity contribution in [3.8, 4) is 0 Å². The molecular weight excluding hydrogens is 198 g/mol. The minimum absolute atomic E-state index is 0.188. The summed E-state index contributed by atoms with van der Waals surface area (Å²) in [5, 5.41) is 0. The van der Waals surface area contributed by atoms with Crippen molar-refractivity contribution >= 4 is 12.2 Å². The van der Waals surface area contributed by atoms with Crippen LogP contribution in [0.4, 0.5) is 0 Å². The van der Waals surface area contributed by atoms with E-state index in [1.54, 1.807) is 13.1 Å². The van der Waals surface area contributed by atoms with Crippen molar-refractivity contribution in [3.63, 3.8) is 0 Å². The zero-order chi connectivity index (χ0) is 11.5. The van der Waals surface area contributed by atoms with Crippen LogP contribution in [0.25, 0.3) is 0 Å². The Morgan fingerprint density at radius 3 is 2.80 bits per heavy atom. The molecule has 0 aromatic carbocycles. The van der Waals surface area contributed by atoms with Gasteiger partial charge in [0, 0.05) is 6.21 Å². The summed E-state index contributed by atoms with van der Waals surface area (Å²) < 4.78 is 15.4. The molecule has 1 aliphatic rings. The monoisotopic (exact) mass is 215 g/mol. The summed E-state index contributed by atoms with van der Waals surface area (Å²) in [6.45, 7) is 5.81. The molecule has 0 amide bonds. The number of ether oxygens (including phenoxy) is 3. The lowest BCUT2D eigenvalue weighted by atomic mass is 10.3. The van der Waals surface area contributed by atoms with E-state index in [1.807, 2.05) is 13.8 Å². The molecular formula is C10H17NO4. The molecule has 2 atom stereocenters. The van der Waals surface area contributed by atoms with Gasteiger partial charge in [0.05, 0.1) is 13.7 Å². The summed E-state index contributed by atoms with van der Waals surface area (Å²) in [6.07, 6.45) is 1.41. The fourth-order valence-electron chi connectivity index (χ4n) is 1.25. The minimum atomic E-state index is -0.564. The fraction of sp³-hybridized carbons (Fsp3) is 0.800.